The standard InChI is InChI=1S/C15H21Cl2N3O/c1-10-9-20(7-5-13(10)18)8-6-14(21)19-15-11(16)3-2-4-12(15)17/h2-4,10,13H,5-9,18H2,1H3,(H,19,21). The zero-order valence-corrected chi connectivity index (χ0v) is 13.6. The maximum atomic E-state index is 12.0. The van der Waals surface area contributed by atoms with E-state index in [1.165, 1.54) is 0 Å². The van der Waals surface area contributed by atoms with Crippen LogP contribution in [0.2, 0.25) is 10.0 Å². The van der Waals surface area contributed by atoms with Gasteiger partial charge in [-0.2, -0.15) is 0 Å². The Morgan fingerprint density at radius 1 is 1.43 bits per heavy atom. The average molecular weight is 330 g/mol. The van der Waals surface area contributed by atoms with Crippen LogP contribution in [-0.2, 0) is 4.79 Å². The van der Waals surface area contributed by atoms with Crippen molar-refractivity contribution in [2.45, 2.75) is 25.8 Å². The number of rotatable bonds is 4. The van der Waals surface area contributed by atoms with E-state index in [9.17, 15) is 4.79 Å². The molecule has 0 aromatic heterocycles. The van der Waals surface area contributed by atoms with Crippen molar-refractivity contribution in [2.75, 3.05) is 25.0 Å². The minimum absolute atomic E-state index is 0.0764. The molecule has 2 unspecified atom stereocenters. The first-order valence-electron chi connectivity index (χ1n) is 7.19. The van der Waals surface area contributed by atoms with Crippen LogP contribution in [-0.4, -0.2) is 36.5 Å². The number of halogens is 2. The summed E-state index contributed by atoms with van der Waals surface area (Å²) < 4.78 is 0. The molecule has 2 rings (SSSR count). The predicted molar refractivity (Wildman–Crippen MR) is 87.9 cm³/mol. The average Bonchev–Trinajstić information content (AvgIpc) is 2.44. The van der Waals surface area contributed by atoms with Crippen LogP contribution in [0.25, 0.3) is 0 Å². The van der Waals surface area contributed by atoms with Crippen molar-refractivity contribution < 1.29 is 4.79 Å². The molecule has 1 aliphatic rings. The molecular weight excluding hydrogens is 309 g/mol. The largest absolute Gasteiger partial charge is 0.327 e. The number of nitrogens with two attached hydrogens (primary N) is 1. The minimum atomic E-state index is -0.0764. The van der Waals surface area contributed by atoms with Gasteiger partial charge in [0.2, 0.25) is 5.91 Å². The van der Waals surface area contributed by atoms with E-state index < -0.39 is 0 Å². The molecule has 4 nitrogen and oxygen atoms in total. The van der Waals surface area contributed by atoms with E-state index in [4.69, 9.17) is 28.9 Å². The first-order chi connectivity index (χ1) is 9.97. The van der Waals surface area contributed by atoms with E-state index >= 15 is 0 Å². The molecule has 2 atom stereocenters. The Morgan fingerprint density at radius 2 is 2.10 bits per heavy atom. The smallest absolute Gasteiger partial charge is 0.225 e. The Hall–Kier alpha value is -0.810. The number of carbonyl (C=O) groups is 1. The summed E-state index contributed by atoms with van der Waals surface area (Å²) in [7, 11) is 0. The lowest BCUT2D eigenvalue weighted by Gasteiger charge is -2.34. The van der Waals surface area contributed by atoms with Crippen molar-refractivity contribution in [3.63, 3.8) is 0 Å². The summed E-state index contributed by atoms with van der Waals surface area (Å²) >= 11 is 12.1. The van der Waals surface area contributed by atoms with E-state index in [0.717, 1.165) is 26.1 Å². The number of hydrogen-bond acceptors (Lipinski definition) is 3. The highest BCUT2D eigenvalue weighted by atomic mass is 35.5. The number of nitrogens with zero attached hydrogens (tertiary/aromatic N) is 1. The number of amides is 1. The number of benzene rings is 1. The molecule has 0 bridgehead atoms. The van der Waals surface area contributed by atoms with Gasteiger partial charge in [-0.1, -0.05) is 36.2 Å². The Bertz CT molecular complexity index is 489. The van der Waals surface area contributed by atoms with Crippen molar-refractivity contribution in [1.82, 2.24) is 4.90 Å². The van der Waals surface area contributed by atoms with Crippen LogP contribution in [0, 0.1) is 5.92 Å². The summed E-state index contributed by atoms with van der Waals surface area (Å²) in [4.78, 5) is 14.3. The van der Waals surface area contributed by atoms with Gasteiger partial charge in [-0.25, -0.2) is 0 Å². The number of anilines is 1. The molecule has 0 spiro atoms. The highest BCUT2D eigenvalue weighted by Gasteiger charge is 2.23. The molecule has 1 aromatic carbocycles. The number of nitrogens with one attached hydrogen (secondary N) is 1. The molecule has 0 radical (unpaired) electrons. The first kappa shape index (κ1) is 16.6. The molecule has 0 aliphatic carbocycles. The third-order valence-corrected chi connectivity index (χ3v) is 4.57. The minimum Gasteiger partial charge on any atom is -0.327 e. The van der Waals surface area contributed by atoms with Crippen molar-refractivity contribution in [3.05, 3.63) is 28.2 Å². The lowest BCUT2D eigenvalue weighted by Crippen LogP contribution is -2.46. The Kier molecular flexibility index (Phi) is 5.88. The summed E-state index contributed by atoms with van der Waals surface area (Å²) in [5.74, 6) is 0.396. The molecule has 1 fully saturated rings. The fraction of sp³-hybridized carbons (Fsp3) is 0.533. The quantitative estimate of drug-likeness (QED) is 0.892. The van der Waals surface area contributed by atoms with E-state index in [1.54, 1.807) is 18.2 Å². The fourth-order valence-electron chi connectivity index (χ4n) is 2.53. The topological polar surface area (TPSA) is 58.4 Å². The summed E-state index contributed by atoms with van der Waals surface area (Å²) in [6, 6.07) is 5.43. The van der Waals surface area contributed by atoms with Crippen LogP contribution in [0.15, 0.2) is 18.2 Å². The van der Waals surface area contributed by atoms with Gasteiger partial charge >= 0.3 is 0 Å². The third kappa shape index (κ3) is 4.58. The lowest BCUT2D eigenvalue weighted by molar-refractivity contribution is -0.116. The van der Waals surface area contributed by atoms with Gasteiger partial charge in [0.05, 0.1) is 15.7 Å². The highest BCUT2D eigenvalue weighted by Crippen LogP contribution is 2.29. The van der Waals surface area contributed by atoms with Crippen molar-refractivity contribution in [1.29, 1.82) is 0 Å². The molecule has 6 heteroatoms. The molecule has 0 saturated carbocycles. The Morgan fingerprint density at radius 3 is 2.71 bits per heavy atom. The second-order valence-electron chi connectivity index (χ2n) is 5.63. The second-order valence-corrected chi connectivity index (χ2v) is 6.44. The van der Waals surface area contributed by atoms with Crippen LogP contribution in [0.5, 0.6) is 0 Å². The molecule has 1 heterocycles. The maximum Gasteiger partial charge on any atom is 0.225 e. The summed E-state index contributed by atoms with van der Waals surface area (Å²) in [5.41, 5.74) is 6.48. The maximum absolute atomic E-state index is 12.0. The summed E-state index contributed by atoms with van der Waals surface area (Å²) in [6.45, 7) is 4.78. The predicted octanol–water partition coefficient (Wildman–Crippen LogP) is 2.99. The first-order valence-corrected chi connectivity index (χ1v) is 7.94. The van der Waals surface area contributed by atoms with Gasteiger partial charge in [-0.3, -0.25) is 4.79 Å². The SMILES string of the molecule is CC1CN(CCC(=O)Nc2c(Cl)cccc2Cl)CCC1N. The third-order valence-electron chi connectivity index (χ3n) is 3.94. The van der Waals surface area contributed by atoms with Crippen molar-refractivity contribution in [3.8, 4) is 0 Å². The molecule has 1 amide bonds. The van der Waals surface area contributed by atoms with Crippen molar-refractivity contribution >= 4 is 34.8 Å². The van der Waals surface area contributed by atoms with E-state index in [-0.39, 0.29) is 11.9 Å². The number of piperidine rings is 1. The van der Waals surface area contributed by atoms with Gasteiger partial charge in [0.25, 0.3) is 0 Å². The molecule has 116 valence electrons. The van der Waals surface area contributed by atoms with Gasteiger partial charge < -0.3 is 16.0 Å². The van der Waals surface area contributed by atoms with E-state index in [0.29, 0.717) is 28.1 Å². The van der Waals surface area contributed by atoms with Crippen LogP contribution >= 0.6 is 23.2 Å². The zero-order chi connectivity index (χ0) is 15.4. The second kappa shape index (κ2) is 7.45. The summed E-state index contributed by atoms with van der Waals surface area (Å²) in [5, 5.41) is 3.69. The van der Waals surface area contributed by atoms with Gasteiger partial charge in [-0.15, -0.1) is 0 Å². The molecule has 3 N–H and O–H groups in total. The van der Waals surface area contributed by atoms with Crippen LogP contribution in [0.3, 0.4) is 0 Å². The number of hydrogen-bond donors (Lipinski definition) is 2. The van der Waals surface area contributed by atoms with Crippen LogP contribution in [0.4, 0.5) is 5.69 Å². The Balaban J connectivity index is 1.83. The number of carbonyl (C=O) groups excluding carboxylic acids is 1. The van der Waals surface area contributed by atoms with E-state index in [2.05, 4.69) is 17.1 Å². The normalized spacial score (nSPS) is 23.0. The van der Waals surface area contributed by atoms with Gasteiger partial charge in [0, 0.05) is 25.6 Å². The number of para-hydroxylation sites is 1. The number of likely N-dealkylation sites (tertiary alicyclic amines) is 1. The molecular formula is C15H21Cl2N3O. The van der Waals surface area contributed by atoms with Gasteiger partial charge in [-0.05, 0) is 31.0 Å². The Labute approximate surface area is 135 Å². The molecule has 1 aliphatic heterocycles. The van der Waals surface area contributed by atoms with Crippen LogP contribution in [0.1, 0.15) is 19.8 Å². The zero-order valence-electron chi connectivity index (χ0n) is 12.1. The van der Waals surface area contributed by atoms with Crippen molar-refractivity contribution in [2.24, 2.45) is 11.7 Å². The molecule has 21 heavy (non-hydrogen) atoms. The van der Waals surface area contributed by atoms with Gasteiger partial charge in [0.1, 0.15) is 0 Å². The fourth-order valence-corrected chi connectivity index (χ4v) is 3.02. The highest BCUT2D eigenvalue weighted by molar-refractivity contribution is 6.39. The van der Waals surface area contributed by atoms with Crippen LogP contribution < -0.4 is 11.1 Å². The van der Waals surface area contributed by atoms with E-state index in [1.807, 2.05) is 0 Å². The molecule has 1 saturated heterocycles. The van der Waals surface area contributed by atoms with Gasteiger partial charge in [0.15, 0.2) is 0 Å². The lowest BCUT2D eigenvalue weighted by atomic mass is 9.95. The summed E-state index contributed by atoms with van der Waals surface area (Å²) in [6.07, 6.45) is 1.41. The molecule has 1 aromatic rings. The monoisotopic (exact) mass is 329 g/mol.